The molecule has 2 aromatic carbocycles. The minimum atomic E-state index is 0.779. The summed E-state index contributed by atoms with van der Waals surface area (Å²) in [4.78, 5) is 13.5. The molecule has 0 atom stereocenters. The van der Waals surface area contributed by atoms with E-state index in [9.17, 15) is 0 Å². The second-order valence-electron chi connectivity index (χ2n) is 7.43. The molecule has 158 valence electrons. The first-order valence-electron chi connectivity index (χ1n) is 10.4. The van der Waals surface area contributed by atoms with Crippen LogP contribution in [-0.4, -0.2) is 34.9 Å². The molecule has 0 amide bonds. The molecule has 0 saturated carbocycles. The highest BCUT2D eigenvalue weighted by Gasteiger charge is 2.13. The number of nitrogens with zero attached hydrogens (tertiary/aromatic N) is 7. The highest BCUT2D eigenvalue weighted by Crippen LogP contribution is 2.26. The van der Waals surface area contributed by atoms with E-state index in [1.54, 1.807) is 15.4 Å². The smallest absolute Gasteiger partial charge is 0.155 e. The zero-order chi connectivity index (χ0) is 22.0. The predicted molar refractivity (Wildman–Crippen MR) is 127 cm³/mol. The number of aromatic nitrogens is 6. The lowest BCUT2D eigenvalue weighted by atomic mass is 10.00. The molecule has 0 aliphatic heterocycles. The Balaban J connectivity index is 1.47. The van der Waals surface area contributed by atoms with E-state index in [4.69, 9.17) is 4.99 Å². The Morgan fingerprint density at radius 1 is 0.697 bits per heavy atom. The summed E-state index contributed by atoms with van der Waals surface area (Å²) in [5, 5.41) is 12.0. The molecule has 8 heteroatoms. The molecule has 0 radical (unpaired) electrons. The Morgan fingerprint density at radius 2 is 1.39 bits per heavy atom. The molecular formula is C25H18N8. The van der Waals surface area contributed by atoms with Crippen molar-refractivity contribution in [3.05, 3.63) is 115 Å². The average Bonchev–Trinajstić information content (AvgIpc) is 3.52. The molecule has 0 saturated heterocycles. The van der Waals surface area contributed by atoms with Crippen molar-refractivity contribution in [2.75, 3.05) is 5.32 Å². The van der Waals surface area contributed by atoms with E-state index in [0.29, 0.717) is 0 Å². The number of anilines is 2. The zero-order valence-corrected chi connectivity index (χ0v) is 17.4. The summed E-state index contributed by atoms with van der Waals surface area (Å²) < 4.78 is 3.46. The quantitative estimate of drug-likeness (QED) is 0.401. The van der Waals surface area contributed by atoms with Gasteiger partial charge in [0.2, 0.25) is 0 Å². The van der Waals surface area contributed by atoms with Crippen molar-refractivity contribution in [3.63, 3.8) is 0 Å². The molecule has 4 heterocycles. The lowest BCUT2D eigenvalue weighted by Gasteiger charge is -2.15. The number of pyridine rings is 2. The fourth-order valence-electron chi connectivity index (χ4n) is 3.72. The van der Waals surface area contributed by atoms with Crippen LogP contribution >= 0.6 is 0 Å². The van der Waals surface area contributed by atoms with Crippen molar-refractivity contribution in [2.45, 2.75) is 0 Å². The van der Waals surface area contributed by atoms with Crippen LogP contribution in [-0.2, 0) is 0 Å². The summed E-state index contributed by atoms with van der Waals surface area (Å²) in [6, 6.07) is 26.0. The maximum atomic E-state index is 5.03. The maximum Gasteiger partial charge on any atom is 0.155 e. The average molecular weight is 430 g/mol. The van der Waals surface area contributed by atoms with Crippen molar-refractivity contribution in [1.29, 1.82) is 0 Å². The minimum Gasteiger partial charge on any atom is -0.354 e. The van der Waals surface area contributed by atoms with Crippen molar-refractivity contribution < 1.29 is 0 Å². The van der Waals surface area contributed by atoms with Crippen LogP contribution in [0.25, 0.3) is 11.3 Å². The largest absolute Gasteiger partial charge is 0.354 e. The Hall–Kier alpha value is -4.85. The van der Waals surface area contributed by atoms with Gasteiger partial charge in [-0.1, -0.05) is 48.5 Å². The number of rotatable bonds is 5. The molecule has 0 aliphatic carbocycles. The summed E-state index contributed by atoms with van der Waals surface area (Å²) in [7, 11) is 0. The number of aliphatic imine (C=N–C) groups is 1. The lowest BCUT2D eigenvalue weighted by molar-refractivity contribution is 0.960. The van der Waals surface area contributed by atoms with Gasteiger partial charge in [0, 0.05) is 16.8 Å². The van der Waals surface area contributed by atoms with Crippen LogP contribution in [0.4, 0.5) is 17.1 Å². The van der Waals surface area contributed by atoms with Gasteiger partial charge in [0.25, 0.3) is 0 Å². The van der Waals surface area contributed by atoms with E-state index in [-0.39, 0.29) is 0 Å². The predicted octanol–water partition coefficient (Wildman–Crippen LogP) is 4.68. The molecule has 1 N–H and O–H groups in total. The van der Waals surface area contributed by atoms with Gasteiger partial charge in [0.15, 0.2) is 11.3 Å². The van der Waals surface area contributed by atoms with Crippen LogP contribution < -0.4 is 5.32 Å². The number of hydrogen-bond acceptors (Lipinski definition) is 6. The second kappa shape index (κ2) is 8.01. The summed E-state index contributed by atoms with van der Waals surface area (Å²) in [6.45, 7) is 0. The molecular weight excluding hydrogens is 412 g/mol. The first kappa shape index (κ1) is 18.9. The van der Waals surface area contributed by atoms with Gasteiger partial charge < -0.3 is 5.32 Å². The van der Waals surface area contributed by atoms with E-state index in [1.807, 2.05) is 73.1 Å². The molecule has 0 unspecified atom stereocenters. The first-order chi connectivity index (χ1) is 16.3. The van der Waals surface area contributed by atoms with Gasteiger partial charge in [-0.15, -0.1) is 0 Å². The zero-order valence-electron chi connectivity index (χ0n) is 17.4. The van der Waals surface area contributed by atoms with Crippen LogP contribution in [0.2, 0.25) is 0 Å². The van der Waals surface area contributed by atoms with Crippen molar-refractivity contribution >= 4 is 34.1 Å². The third kappa shape index (κ3) is 3.70. The van der Waals surface area contributed by atoms with E-state index in [1.165, 1.54) is 6.33 Å². The fourth-order valence-corrected chi connectivity index (χ4v) is 3.72. The summed E-state index contributed by atoms with van der Waals surface area (Å²) in [5.41, 5.74) is 7.02. The van der Waals surface area contributed by atoms with Gasteiger partial charge >= 0.3 is 0 Å². The van der Waals surface area contributed by atoms with E-state index < -0.39 is 0 Å². The summed E-state index contributed by atoms with van der Waals surface area (Å²) in [6.07, 6.45) is 6.86. The molecule has 0 fully saturated rings. The number of hydrogen-bond donors (Lipinski definition) is 1. The van der Waals surface area contributed by atoms with Crippen LogP contribution in [0.3, 0.4) is 0 Å². The van der Waals surface area contributed by atoms with Crippen molar-refractivity contribution in [1.82, 2.24) is 29.2 Å². The van der Waals surface area contributed by atoms with Crippen LogP contribution in [0.1, 0.15) is 11.1 Å². The highest BCUT2D eigenvalue weighted by atomic mass is 15.3. The summed E-state index contributed by atoms with van der Waals surface area (Å²) in [5.74, 6) is 0. The number of para-hydroxylation sites is 1. The first-order valence-corrected chi connectivity index (χ1v) is 10.4. The van der Waals surface area contributed by atoms with Crippen LogP contribution in [0, 0.1) is 0 Å². The molecule has 0 aliphatic rings. The molecule has 6 aromatic rings. The van der Waals surface area contributed by atoms with Gasteiger partial charge in [0.05, 0.1) is 29.5 Å². The normalized spacial score (nSPS) is 11.8. The third-order valence-corrected chi connectivity index (χ3v) is 5.28. The number of fused-ring (bicyclic) bond motifs is 2. The second-order valence-corrected chi connectivity index (χ2v) is 7.43. The number of benzene rings is 2. The highest BCUT2D eigenvalue weighted by molar-refractivity contribution is 6.17. The number of nitrogens with one attached hydrogen (secondary N) is 1. The Bertz CT molecular complexity index is 1600. The van der Waals surface area contributed by atoms with E-state index >= 15 is 0 Å². The monoisotopic (exact) mass is 430 g/mol. The van der Waals surface area contributed by atoms with Crippen molar-refractivity contribution in [2.24, 2.45) is 4.99 Å². The van der Waals surface area contributed by atoms with Crippen LogP contribution in [0.5, 0.6) is 0 Å². The molecule has 8 nitrogen and oxygen atoms in total. The maximum absolute atomic E-state index is 5.03. The Morgan fingerprint density at radius 3 is 2.21 bits per heavy atom. The fraction of sp³-hybridized carbons (Fsp3) is 0. The molecule has 0 spiro atoms. The van der Waals surface area contributed by atoms with Gasteiger partial charge in [-0.05, 0) is 30.3 Å². The third-order valence-electron chi connectivity index (χ3n) is 5.28. The summed E-state index contributed by atoms with van der Waals surface area (Å²) >= 11 is 0. The Labute approximate surface area is 188 Å². The van der Waals surface area contributed by atoms with Crippen LogP contribution in [0.15, 0.2) is 109 Å². The Kier molecular flexibility index (Phi) is 4.58. The molecule has 4 aromatic heterocycles. The van der Waals surface area contributed by atoms with Gasteiger partial charge in [0.1, 0.15) is 12.7 Å². The van der Waals surface area contributed by atoms with E-state index in [2.05, 4.69) is 43.7 Å². The standard InChI is InChI=1S/C25H18N8/c1-2-6-18(7-3-1)25(31-20-11-13-24-27-17-29-33(24)15-20)21-8-4-5-9-22(21)30-19-10-12-23-26-16-28-32(23)14-19/h1-17,30H. The molecule has 0 bridgehead atoms. The lowest BCUT2D eigenvalue weighted by Crippen LogP contribution is -2.07. The van der Waals surface area contributed by atoms with Gasteiger partial charge in [-0.2, -0.15) is 10.2 Å². The SMILES string of the molecule is c1ccc(C(=Nc2ccc3ncnn3c2)c2ccccc2Nc2ccc3ncnn3c2)cc1. The van der Waals surface area contributed by atoms with Crippen molar-refractivity contribution in [3.8, 4) is 0 Å². The molecule has 33 heavy (non-hydrogen) atoms. The molecule has 6 rings (SSSR count). The van der Waals surface area contributed by atoms with Gasteiger partial charge in [-0.25, -0.2) is 24.0 Å². The van der Waals surface area contributed by atoms with E-state index in [0.717, 1.165) is 45.2 Å². The minimum absolute atomic E-state index is 0.779. The topological polar surface area (TPSA) is 84.8 Å². The van der Waals surface area contributed by atoms with Gasteiger partial charge in [-0.3, -0.25) is 0 Å².